The second-order valence-electron chi connectivity index (χ2n) is 7.07. The fourth-order valence-corrected chi connectivity index (χ4v) is 3.36. The lowest BCUT2D eigenvalue weighted by molar-refractivity contribution is 0.0950. The number of rotatable bonds is 5. The van der Waals surface area contributed by atoms with Crippen LogP contribution in [0.3, 0.4) is 0 Å². The average molecular weight is 390 g/mol. The number of nitrogens with zero attached hydrogens (tertiary/aromatic N) is 6. The summed E-state index contributed by atoms with van der Waals surface area (Å²) in [5.41, 5.74) is 11.9. The Bertz CT molecular complexity index is 1180. The first-order chi connectivity index (χ1) is 13.9. The van der Waals surface area contributed by atoms with E-state index >= 15 is 0 Å². The van der Waals surface area contributed by atoms with Crippen molar-refractivity contribution in [2.45, 2.75) is 26.9 Å². The van der Waals surface area contributed by atoms with Crippen LogP contribution in [-0.4, -0.2) is 35.7 Å². The van der Waals surface area contributed by atoms with Crippen LogP contribution >= 0.6 is 0 Å². The molecular weight excluding hydrogens is 368 g/mol. The lowest BCUT2D eigenvalue weighted by Gasteiger charge is -2.11. The van der Waals surface area contributed by atoms with Gasteiger partial charge in [-0.2, -0.15) is 5.10 Å². The molecule has 0 fully saturated rings. The molecule has 0 radical (unpaired) electrons. The maximum Gasteiger partial charge on any atom is 0.254 e. The third kappa shape index (κ3) is 3.79. The van der Waals surface area contributed by atoms with Crippen molar-refractivity contribution < 1.29 is 4.79 Å². The Kier molecular flexibility index (Phi) is 4.71. The number of pyridine rings is 1. The highest BCUT2D eigenvalue weighted by Crippen LogP contribution is 2.15. The normalized spacial score (nSPS) is 11.1. The minimum Gasteiger partial charge on any atom is -0.384 e. The van der Waals surface area contributed by atoms with E-state index in [9.17, 15) is 4.79 Å². The van der Waals surface area contributed by atoms with Crippen molar-refractivity contribution in [3.05, 3.63) is 64.6 Å². The van der Waals surface area contributed by atoms with Crippen LogP contribution in [0, 0.1) is 13.8 Å². The first-order valence-electron chi connectivity index (χ1n) is 9.22. The SMILES string of the molecule is Cc1cc(N)nc(C)c1CNC(=O)c1cnn(Cc2ccc3c(c2)nnn3C)c1. The van der Waals surface area contributed by atoms with E-state index in [1.165, 1.54) is 0 Å². The number of nitrogen functional groups attached to an aromatic ring is 1. The number of carbonyl (C=O) groups excluding carboxylic acids is 1. The predicted molar refractivity (Wildman–Crippen MR) is 109 cm³/mol. The van der Waals surface area contributed by atoms with Crippen molar-refractivity contribution in [2.24, 2.45) is 7.05 Å². The molecule has 9 nitrogen and oxygen atoms in total. The molecule has 9 heteroatoms. The molecule has 0 aliphatic heterocycles. The Balaban J connectivity index is 1.43. The van der Waals surface area contributed by atoms with Gasteiger partial charge in [-0.15, -0.1) is 5.10 Å². The smallest absolute Gasteiger partial charge is 0.254 e. The summed E-state index contributed by atoms with van der Waals surface area (Å²) in [7, 11) is 1.86. The van der Waals surface area contributed by atoms with Gasteiger partial charge in [-0.25, -0.2) is 9.67 Å². The lowest BCUT2D eigenvalue weighted by Crippen LogP contribution is -2.23. The Morgan fingerprint density at radius 1 is 1.24 bits per heavy atom. The number of nitrogens with one attached hydrogen (secondary N) is 1. The number of nitrogens with two attached hydrogens (primary N) is 1. The van der Waals surface area contributed by atoms with Gasteiger partial charge in [0.1, 0.15) is 11.3 Å². The Labute approximate surface area is 167 Å². The zero-order valence-corrected chi connectivity index (χ0v) is 16.5. The molecule has 1 aromatic carbocycles. The fraction of sp³-hybridized carbons (Fsp3) is 0.250. The molecule has 0 aliphatic carbocycles. The van der Waals surface area contributed by atoms with Crippen LogP contribution in [0.25, 0.3) is 11.0 Å². The van der Waals surface area contributed by atoms with Crippen molar-refractivity contribution in [3.63, 3.8) is 0 Å². The number of carbonyl (C=O) groups is 1. The minimum atomic E-state index is -0.184. The molecule has 29 heavy (non-hydrogen) atoms. The third-order valence-electron chi connectivity index (χ3n) is 4.91. The molecule has 0 saturated heterocycles. The second-order valence-corrected chi connectivity index (χ2v) is 7.07. The minimum absolute atomic E-state index is 0.184. The third-order valence-corrected chi connectivity index (χ3v) is 4.91. The molecule has 4 aromatic rings. The molecule has 4 rings (SSSR count). The quantitative estimate of drug-likeness (QED) is 0.536. The van der Waals surface area contributed by atoms with Gasteiger partial charge in [0.05, 0.1) is 23.8 Å². The van der Waals surface area contributed by atoms with Crippen LogP contribution in [0.1, 0.15) is 32.7 Å². The Morgan fingerprint density at radius 2 is 2.07 bits per heavy atom. The average Bonchev–Trinajstić information content (AvgIpc) is 3.28. The Morgan fingerprint density at radius 3 is 2.86 bits per heavy atom. The standard InChI is InChI=1S/C20H22N8O/c1-12-6-19(21)24-13(2)16(12)9-22-20(29)15-8-23-28(11-15)10-14-4-5-18-17(7-14)25-26-27(18)3/h4-8,11H,9-10H2,1-3H3,(H2,21,24)(H,22,29). The summed E-state index contributed by atoms with van der Waals surface area (Å²) < 4.78 is 3.46. The van der Waals surface area contributed by atoms with Crippen LogP contribution in [-0.2, 0) is 20.1 Å². The van der Waals surface area contributed by atoms with Gasteiger partial charge in [0.2, 0.25) is 0 Å². The summed E-state index contributed by atoms with van der Waals surface area (Å²) in [5.74, 6) is 0.298. The van der Waals surface area contributed by atoms with Gasteiger partial charge in [0, 0.05) is 25.5 Å². The zero-order valence-electron chi connectivity index (χ0n) is 16.5. The molecule has 0 bridgehead atoms. The molecule has 0 unspecified atom stereocenters. The van der Waals surface area contributed by atoms with Crippen molar-refractivity contribution in [1.29, 1.82) is 0 Å². The van der Waals surface area contributed by atoms with E-state index in [1.54, 1.807) is 27.8 Å². The number of amides is 1. The van der Waals surface area contributed by atoms with Crippen LogP contribution < -0.4 is 11.1 Å². The van der Waals surface area contributed by atoms with Crippen LogP contribution in [0.4, 0.5) is 5.82 Å². The molecule has 0 spiro atoms. The van der Waals surface area contributed by atoms with E-state index < -0.39 is 0 Å². The molecule has 0 aliphatic rings. The fourth-order valence-electron chi connectivity index (χ4n) is 3.36. The molecule has 0 saturated carbocycles. The van der Waals surface area contributed by atoms with Crippen molar-refractivity contribution in [1.82, 2.24) is 35.1 Å². The summed E-state index contributed by atoms with van der Waals surface area (Å²) in [6.45, 7) is 4.77. The van der Waals surface area contributed by atoms with Crippen molar-refractivity contribution in [2.75, 3.05) is 5.73 Å². The van der Waals surface area contributed by atoms with E-state index in [4.69, 9.17) is 5.73 Å². The van der Waals surface area contributed by atoms with Gasteiger partial charge in [-0.05, 0) is 48.7 Å². The number of hydrogen-bond acceptors (Lipinski definition) is 6. The van der Waals surface area contributed by atoms with Crippen molar-refractivity contribution in [3.8, 4) is 0 Å². The Hall–Kier alpha value is -3.75. The van der Waals surface area contributed by atoms with E-state index in [-0.39, 0.29) is 5.91 Å². The van der Waals surface area contributed by atoms with Gasteiger partial charge in [-0.1, -0.05) is 11.3 Å². The molecule has 3 aromatic heterocycles. The topological polar surface area (TPSA) is 117 Å². The van der Waals surface area contributed by atoms with E-state index in [0.29, 0.717) is 24.5 Å². The van der Waals surface area contributed by atoms with Gasteiger partial charge in [-0.3, -0.25) is 9.48 Å². The molecule has 3 heterocycles. The van der Waals surface area contributed by atoms with Gasteiger partial charge < -0.3 is 11.1 Å². The van der Waals surface area contributed by atoms with Crippen LogP contribution in [0.5, 0.6) is 0 Å². The number of fused-ring (bicyclic) bond motifs is 1. The number of benzene rings is 1. The van der Waals surface area contributed by atoms with Crippen LogP contribution in [0.2, 0.25) is 0 Å². The number of aromatic nitrogens is 6. The number of hydrogen-bond donors (Lipinski definition) is 2. The van der Waals surface area contributed by atoms with Crippen LogP contribution in [0.15, 0.2) is 36.7 Å². The molecule has 0 atom stereocenters. The number of anilines is 1. The molecule has 3 N–H and O–H groups in total. The van der Waals surface area contributed by atoms with Crippen molar-refractivity contribution >= 4 is 22.8 Å². The highest BCUT2D eigenvalue weighted by Gasteiger charge is 2.12. The summed E-state index contributed by atoms with van der Waals surface area (Å²) in [6, 6.07) is 7.77. The summed E-state index contributed by atoms with van der Waals surface area (Å²) in [5, 5.41) is 15.4. The summed E-state index contributed by atoms with van der Waals surface area (Å²) >= 11 is 0. The zero-order chi connectivity index (χ0) is 20.5. The van der Waals surface area contributed by atoms with E-state index in [0.717, 1.165) is 33.4 Å². The van der Waals surface area contributed by atoms with Gasteiger partial charge >= 0.3 is 0 Å². The van der Waals surface area contributed by atoms with E-state index in [1.807, 2.05) is 39.1 Å². The summed E-state index contributed by atoms with van der Waals surface area (Å²) in [6.07, 6.45) is 3.30. The highest BCUT2D eigenvalue weighted by molar-refractivity contribution is 5.93. The molecule has 1 amide bonds. The van der Waals surface area contributed by atoms with E-state index in [2.05, 4.69) is 25.7 Å². The van der Waals surface area contributed by atoms with Gasteiger partial charge in [0.25, 0.3) is 5.91 Å². The lowest BCUT2D eigenvalue weighted by atomic mass is 10.1. The second kappa shape index (κ2) is 7.34. The predicted octanol–water partition coefficient (Wildman–Crippen LogP) is 1.74. The summed E-state index contributed by atoms with van der Waals surface area (Å²) in [4.78, 5) is 16.8. The number of aryl methyl sites for hydroxylation is 3. The largest absolute Gasteiger partial charge is 0.384 e. The maximum atomic E-state index is 12.5. The first kappa shape index (κ1) is 18.6. The maximum absolute atomic E-state index is 12.5. The highest BCUT2D eigenvalue weighted by atomic mass is 16.1. The molecule has 148 valence electrons. The van der Waals surface area contributed by atoms with Gasteiger partial charge in [0.15, 0.2) is 0 Å². The monoisotopic (exact) mass is 390 g/mol. The first-order valence-corrected chi connectivity index (χ1v) is 9.22. The molecular formula is C20H22N8O.